The van der Waals surface area contributed by atoms with Crippen LogP contribution in [-0.2, 0) is 16.0 Å². The van der Waals surface area contributed by atoms with Gasteiger partial charge in [-0.2, -0.15) is 0 Å². The summed E-state index contributed by atoms with van der Waals surface area (Å²) >= 11 is 0. The average molecular weight is 438 g/mol. The monoisotopic (exact) mass is 438 g/mol. The van der Waals surface area contributed by atoms with Crippen molar-refractivity contribution in [1.82, 2.24) is 10.3 Å². The summed E-state index contributed by atoms with van der Waals surface area (Å²) in [6, 6.07) is 26.2. The molecule has 6 nitrogen and oxygen atoms in total. The van der Waals surface area contributed by atoms with E-state index in [0.717, 1.165) is 33.2 Å². The van der Waals surface area contributed by atoms with Gasteiger partial charge in [0.1, 0.15) is 12.6 Å². The molecule has 5 rings (SSSR count). The molecular weight excluding hydrogens is 416 g/mol. The quantitative estimate of drug-likeness (QED) is 0.453. The predicted octanol–water partition coefficient (Wildman–Crippen LogP) is 4.77. The number of benzene rings is 3. The minimum absolute atomic E-state index is 0.0599. The number of fused-ring (bicyclic) bond motifs is 4. The first-order valence-corrected chi connectivity index (χ1v) is 10.8. The first-order valence-electron chi connectivity index (χ1n) is 10.8. The number of aromatic nitrogens is 1. The molecule has 1 amide bonds. The van der Waals surface area contributed by atoms with Gasteiger partial charge < -0.3 is 15.2 Å². The third-order valence-corrected chi connectivity index (χ3v) is 6.00. The molecule has 164 valence electrons. The molecule has 0 aliphatic heterocycles. The maximum atomic E-state index is 12.5. The smallest absolute Gasteiger partial charge is 0.407 e. The number of amides is 1. The Morgan fingerprint density at radius 3 is 2.21 bits per heavy atom. The zero-order valence-corrected chi connectivity index (χ0v) is 17.8. The number of carboxylic acid groups (broad SMARTS) is 1. The van der Waals surface area contributed by atoms with Crippen molar-refractivity contribution in [3.63, 3.8) is 0 Å². The van der Waals surface area contributed by atoms with Crippen molar-refractivity contribution < 1.29 is 19.4 Å². The Bertz CT molecular complexity index is 1310. The molecule has 33 heavy (non-hydrogen) atoms. The summed E-state index contributed by atoms with van der Waals surface area (Å²) in [6.07, 6.45) is -0.699. The maximum absolute atomic E-state index is 12.5. The second kappa shape index (κ2) is 8.74. The van der Waals surface area contributed by atoms with Crippen LogP contribution < -0.4 is 5.32 Å². The molecule has 1 aromatic heterocycles. The van der Waals surface area contributed by atoms with Gasteiger partial charge in [0.15, 0.2) is 0 Å². The Kier molecular flexibility index (Phi) is 5.48. The number of carboxylic acids is 1. The highest BCUT2D eigenvalue weighted by Gasteiger charge is 2.29. The van der Waals surface area contributed by atoms with Crippen LogP contribution >= 0.6 is 0 Å². The third kappa shape index (κ3) is 4.15. The van der Waals surface area contributed by atoms with Crippen LogP contribution in [0.25, 0.3) is 22.0 Å². The Morgan fingerprint density at radius 1 is 0.879 bits per heavy atom. The third-order valence-electron chi connectivity index (χ3n) is 6.00. The number of aliphatic carboxylic acids is 1. The van der Waals surface area contributed by atoms with Crippen molar-refractivity contribution in [3.8, 4) is 11.1 Å². The van der Waals surface area contributed by atoms with E-state index < -0.39 is 18.1 Å². The van der Waals surface area contributed by atoms with Gasteiger partial charge in [-0.05, 0) is 34.4 Å². The summed E-state index contributed by atoms with van der Waals surface area (Å²) in [6.45, 7) is 0.125. The highest BCUT2D eigenvalue weighted by molar-refractivity contribution is 5.82. The van der Waals surface area contributed by atoms with Crippen molar-refractivity contribution >= 4 is 23.0 Å². The van der Waals surface area contributed by atoms with Crippen LogP contribution in [0.2, 0.25) is 0 Å². The predicted molar refractivity (Wildman–Crippen MR) is 125 cm³/mol. The zero-order chi connectivity index (χ0) is 22.8. The van der Waals surface area contributed by atoms with Gasteiger partial charge in [0, 0.05) is 23.4 Å². The number of para-hydroxylation sites is 1. The van der Waals surface area contributed by atoms with Gasteiger partial charge >= 0.3 is 12.1 Å². The zero-order valence-electron chi connectivity index (χ0n) is 17.8. The van der Waals surface area contributed by atoms with E-state index in [1.807, 2.05) is 66.7 Å². The molecule has 4 aromatic rings. The minimum atomic E-state index is -1.14. The number of ether oxygens (including phenoxy) is 1. The van der Waals surface area contributed by atoms with Crippen LogP contribution in [0.15, 0.2) is 84.9 Å². The standard InChI is InChI=1S/C27H22N2O4/c30-26(31)25(15-18-14-13-17-7-1-6-12-24(17)28-18)29-27(32)33-16-23-21-10-4-2-8-19(21)20-9-3-5-11-22(20)23/h1-14,23,25H,15-16H2,(H,29,32)(H,30,31). The second-order valence-corrected chi connectivity index (χ2v) is 8.06. The number of hydrogen-bond acceptors (Lipinski definition) is 4. The largest absolute Gasteiger partial charge is 0.480 e. The van der Waals surface area contributed by atoms with E-state index in [-0.39, 0.29) is 18.9 Å². The van der Waals surface area contributed by atoms with Crippen LogP contribution in [0.5, 0.6) is 0 Å². The van der Waals surface area contributed by atoms with E-state index in [1.54, 1.807) is 6.07 Å². The Morgan fingerprint density at radius 2 is 1.52 bits per heavy atom. The fourth-order valence-corrected chi connectivity index (χ4v) is 4.41. The lowest BCUT2D eigenvalue weighted by Crippen LogP contribution is -2.43. The van der Waals surface area contributed by atoms with E-state index in [9.17, 15) is 14.7 Å². The molecule has 3 aromatic carbocycles. The topological polar surface area (TPSA) is 88.5 Å². The van der Waals surface area contributed by atoms with Crippen molar-refractivity contribution in [2.75, 3.05) is 6.61 Å². The molecule has 1 unspecified atom stereocenters. The number of nitrogens with zero attached hydrogens (tertiary/aromatic N) is 1. The summed E-state index contributed by atoms with van der Waals surface area (Å²) in [5, 5.41) is 13.1. The summed E-state index contributed by atoms with van der Waals surface area (Å²) in [7, 11) is 0. The number of rotatable bonds is 6. The van der Waals surface area contributed by atoms with Crippen molar-refractivity contribution in [1.29, 1.82) is 0 Å². The van der Waals surface area contributed by atoms with Gasteiger partial charge in [0.2, 0.25) is 0 Å². The number of hydrogen-bond donors (Lipinski definition) is 2. The van der Waals surface area contributed by atoms with Crippen molar-refractivity contribution in [2.45, 2.75) is 18.4 Å². The van der Waals surface area contributed by atoms with Gasteiger partial charge in [-0.15, -0.1) is 0 Å². The molecule has 0 saturated carbocycles. The van der Waals surface area contributed by atoms with Gasteiger partial charge in [-0.25, -0.2) is 9.59 Å². The van der Waals surface area contributed by atoms with Crippen LogP contribution in [0.3, 0.4) is 0 Å². The summed E-state index contributed by atoms with van der Waals surface area (Å²) < 4.78 is 5.49. The Hall–Kier alpha value is -4.19. The molecule has 2 N–H and O–H groups in total. The SMILES string of the molecule is O=C(NC(Cc1ccc2ccccc2n1)C(=O)O)OCC1c2ccccc2-c2ccccc21. The van der Waals surface area contributed by atoms with E-state index in [0.29, 0.717) is 5.69 Å². The molecule has 1 heterocycles. The van der Waals surface area contributed by atoms with E-state index in [2.05, 4.69) is 22.4 Å². The summed E-state index contributed by atoms with van der Waals surface area (Å²) in [5.41, 5.74) is 5.82. The molecule has 0 bridgehead atoms. The van der Waals surface area contributed by atoms with E-state index in [1.165, 1.54) is 0 Å². The van der Waals surface area contributed by atoms with Gasteiger partial charge in [-0.3, -0.25) is 4.98 Å². The lowest BCUT2D eigenvalue weighted by Gasteiger charge is -2.17. The molecular formula is C27H22N2O4. The normalized spacial score (nSPS) is 13.2. The van der Waals surface area contributed by atoms with Crippen LogP contribution in [0.4, 0.5) is 4.79 Å². The molecule has 6 heteroatoms. The first-order chi connectivity index (χ1) is 16.1. The van der Waals surface area contributed by atoms with E-state index >= 15 is 0 Å². The molecule has 1 aliphatic carbocycles. The van der Waals surface area contributed by atoms with Gasteiger partial charge in [0.05, 0.1) is 5.52 Å². The number of carbonyl (C=O) groups excluding carboxylic acids is 1. The Balaban J connectivity index is 1.27. The molecule has 0 radical (unpaired) electrons. The number of nitrogens with one attached hydrogen (secondary N) is 1. The number of carbonyl (C=O) groups is 2. The van der Waals surface area contributed by atoms with Crippen LogP contribution in [-0.4, -0.2) is 34.8 Å². The molecule has 1 aliphatic rings. The second-order valence-electron chi connectivity index (χ2n) is 8.06. The first kappa shape index (κ1) is 20.7. The minimum Gasteiger partial charge on any atom is -0.480 e. The molecule has 1 atom stereocenters. The summed E-state index contributed by atoms with van der Waals surface area (Å²) in [5.74, 6) is -1.23. The number of pyridine rings is 1. The van der Waals surface area contributed by atoms with Crippen molar-refractivity contribution in [2.24, 2.45) is 0 Å². The van der Waals surface area contributed by atoms with Crippen LogP contribution in [0, 0.1) is 0 Å². The maximum Gasteiger partial charge on any atom is 0.407 e. The molecule has 0 spiro atoms. The highest BCUT2D eigenvalue weighted by atomic mass is 16.5. The number of alkyl carbamates (subject to hydrolysis) is 1. The highest BCUT2D eigenvalue weighted by Crippen LogP contribution is 2.44. The average Bonchev–Trinajstić information content (AvgIpc) is 3.16. The summed E-state index contributed by atoms with van der Waals surface area (Å²) in [4.78, 5) is 28.8. The molecule has 0 saturated heterocycles. The fourth-order valence-electron chi connectivity index (χ4n) is 4.41. The van der Waals surface area contributed by atoms with Crippen molar-refractivity contribution in [3.05, 3.63) is 102 Å². The Labute approximate surface area is 190 Å². The van der Waals surface area contributed by atoms with Gasteiger partial charge in [-0.1, -0.05) is 72.8 Å². The lowest BCUT2D eigenvalue weighted by molar-refractivity contribution is -0.139. The van der Waals surface area contributed by atoms with Crippen LogP contribution in [0.1, 0.15) is 22.7 Å². The lowest BCUT2D eigenvalue weighted by atomic mass is 9.98. The van der Waals surface area contributed by atoms with E-state index in [4.69, 9.17) is 4.74 Å². The van der Waals surface area contributed by atoms with Gasteiger partial charge in [0.25, 0.3) is 0 Å². The fraction of sp³-hybridized carbons (Fsp3) is 0.148. The molecule has 0 fully saturated rings.